The van der Waals surface area contributed by atoms with Crippen molar-refractivity contribution in [2.24, 2.45) is 0 Å². The topological polar surface area (TPSA) is 96.0 Å². The third-order valence-corrected chi connectivity index (χ3v) is 7.80. The van der Waals surface area contributed by atoms with Gasteiger partial charge >= 0.3 is 0 Å². The van der Waals surface area contributed by atoms with Gasteiger partial charge in [-0.1, -0.05) is 48.5 Å². The van der Waals surface area contributed by atoms with Gasteiger partial charge in [0.2, 0.25) is 11.8 Å². The normalized spacial score (nSPS) is 11.9. The molecule has 0 saturated heterocycles. The summed E-state index contributed by atoms with van der Waals surface area (Å²) in [7, 11) is -2.51. The van der Waals surface area contributed by atoms with Crippen molar-refractivity contribution in [3.63, 3.8) is 0 Å². The average molecular weight is 524 g/mol. The number of aryl methyl sites for hydroxylation is 1. The molecule has 8 nitrogen and oxygen atoms in total. The Morgan fingerprint density at radius 3 is 2.16 bits per heavy atom. The van der Waals surface area contributed by atoms with Gasteiger partial charge in [0, 0.05) is 13.1 Å². The van der Waals surface area contributed by atoms with Gasteiger partial charge in [-0.05, 0) is 62.2 Å². The van der Waals surface area contributed by atoms with Crippen LogP contribution in [0.25, 0.3) is 0 Å². The Morgan fingerprint density at radius 2 is 1.57 bits per heavy atom. The summed E-state index contributed by atoms with van der Waals surface area (Å²) in [6.07, 6.45) is 0. The highest BCUT2D eigenvalue weighted by Crippen LogP contribution is 2.27. The Kier molecular flexibility index (Phi) is 9.30. The Morgan fingerprint density at radius 1 is 0.946 bits per heavy atom. The number of rotatable bonds is 11. The highest BCUT2D eigenvalue weighted by atomic mass is 32.2. The van der Waals surface area contributed by atoms with Crippen molar-refractivity contribution < 1.29 is 22.7 Å². The Balaban J connectivity index is 2.01. The van der Waals surface area contributed by atoms with Gasteiger partial charge in [0.15, 0.2) is 0 Å². The van der Waals surface area contributed by atoms with Crippen LogP contribution in [-0.2, 0) is 26.2 Å². The highest BCUT2D eigenvalue weighted by molar-refractivity contribution is 7.92. The van der Waals surface area contributed by atoms with E-state index in [-0.39, 0.29) is 17.3 Å². The standard InChI is InChI=1S/C28H33N3O5S/c1-5-29-28(33)22(3)30(19-23-15-17-24(36-4)18-16-23)27(32)20-31(26-14-10-9-11-21(26)2)37(34,35)25-12-7-6-8-13-25/h6-18,22H,5,19-20H2,1-4H3,(H,29,33)/t22-/m0/s1. The average Bonchev–Trinajstić information content (AvgIpc) is 2.91. The zero-order valence-corrected chi connectivity index (χ0v) is 22.4. The van der Waals surface area contributed by atoms with Crippen LogP contribution in [0.5, 0.6) is 5.75 Å². The maximum Gasteiger partial charge on any atom is 0.264 e. The number of hydrogen-bond donors (Lipinski definition) is 1. The monoisotopic (exact) mass is 523 g/mol. The second kappa shape index (κ2) is 12.4. The van der Waals surface area contributed by atoms with Crippen molar-refractivity contribution in [3.05, 3.63) is 90.0 Å². The lowest BCUT2D eigenvalue weighted by Gasteiger charge is -2.32. The molecule has 2 amide bonds. The van der Waals surface area contributed by atoms with Crippen molar-refractivity contribution in [2.45, 2.75) is 38.3 Å². The SMILES string of the molecule is CCNC(=O)[C@H](C)N(Cc1ccc(OC)cc1)C(=O)CN(c1ccccc1C)S(=O)(=O)c1ccccc1. The third-order valence-electron chi connectivity index (χ3n) is 6.02. The number of nitrogens with one attached hydrogen (secondary N) is 1. The first kappa shape index (κ1) is 27.7. The lowest BCUT2D eigenvalue weighted by atomic mass is 10.1. The molecule has 0 aliphatic heterocycles. The molecule has 0 fully saturated rings. The van der Waals surface area contributed by atoms with Crippen LogP contribution in [0.2, 0.25) is 0 Å². The maximum atomic E-state index is 13.8. The summed E-state index contributed by atoms with van der Waals surface area (Å²) in [6, 6.07) is 21.3. The van der Waals surface area contributed by atoms with Crippen molar-refractivity contribution in [1.29, 1.82) is 0 Å². The summed E-state index contributed by atoms with van der Waals surface area (Å²) >= 11 is 0. The molecule has 196 valence electrons. The number of sulfonamides is 1. The van der Waals surface area contributed by atoms with Gasteiger partial charge in [-0.3, -0.25) is 13.9 Å². The number of nitrogens with zero attached hydrogens (tertiary/aromatic N) is 2. The molecule has 1 atom stereocenters. The van der Waals surface area contributed by atoms with E-state index in [1.807, 2.05) is 12.1 Å². The summed E-state index contributed by atoms with van der Waals surface area (Å²) < 4.78 is 33.8. The molecule has 0 aromatic heterocycles. The van der Waals surface area contributed by atoms with Crippen LogP contribution in [0, 0.1) is 6.92 Å². The molecule has 0 bridgehead atoms. The van der Waals surface area contributed by atoms with Gasteiger partial charge in [0.25, 0.3) is 10.0 Å². The molecule has 3 aromatic carbocycles. The second-order valence-corrected chi connectivity index (χ2v) is 10.4. The zero-order chi connectivity index (χ0) is 27.0. The van der Waals surface area contributed by atoms with E-state index >= 15 is 0 Å². The third kappa shape index (κ3) is 6.68. The lowest BCUT2D eigenvalue weighted by Crippen LogP contribution is -2.51. The van der Waals surface area contributed by atoms with E-state index < -0.39 is 28.5 Å². The minimum Gasteiger partial charge on any atom is -0.497 e. The summed E-state index contributed by atoms with van der Waals surface area (Å²) in [5, 5.41) is 2.75. The number of hydrogen-bond acceptors (Lipinski definition) is 5. The highest BCUT2D eigenvalue weighted by Gasteiger charge is 2.32. The second-order valence-electron chi connectivity index (χ2n) is 8.55. The van der Waals surface area contributed by atoms with Crippen LogP contribution < -0.4 is 14.4 Å². The number of carbonyl (C=O) groups is 2. The van der Waals surface area contributed by atoms with E-state index in [0.717, 1.165) is 9.87 Å². The molecule has 0 heterocycles. The molecular weight excluding hydrogens is 490 g/mol. The van der Waals surface area contributed by atoms with Gasteiger partial charge in [-0.15, -0.1) is 0 Å². The molecule has 9 heteroatoms. The number of methoxy groups -OCH3 is 1. The van der Waals surface area contributed by atoms with Crippen molar-refractivity contribution >= 4 is 27.5 Å². The Labute approximate surface area is 218 Å². The van der Waals surface area contributed by atoms with Crippen LogP contribution in [0.3, 0.4) is 0 Å². The molecule has 0 radical (unpaired) electrons. The molecule has 0 aliphatic carbocycles. The fourth-order valence-corrected chi connectivity index (χ4v) is 5.41. The predicted octanol–water partition coefficient (Wildman–Crippen LogP) is 3.75. The minimum absolute atomic E-state index is 0.0736. The number of para-hydroxylation sites is 1. The summed E-state index contributed by atoms with van der Waals surface area (Å²) in [5.41, 5.74) is 1.88. The molecule has 37 heavy (non-hydrogen) atoms. The van der Waals surface area contributed by atoms with Crippen LogP contribution in [0.1, 0.15) is 25.0 Å². The van der Waals surface area contributed by atoms with Gasteiger partial charge < -0.3 is 15.0 Å². The summed E-state index contributed by atoms with van der Waals surface area (Å²) in [4.78, 5) is 28.0. The smallest absolute Gasteiger partial charge is 0.264 e. The summed E-state index contributed by atoms with van der Waals surface area (Å²) in [5.74, 6) is -0.159. The molecular formula is C28H33N3O5S. The van der Waals surface area contributed by atoms with E-state index in [1.165, 1.54) is 17.0 Å². The van der Waals surface area contributed by atoms with Gasteiger partial charge in [-0.2, -0.15) is 0 Å². The van der Waals surface area contributed by atoms with E-state index in [9.17, 15) is 18.0 Å². The molecule has 0 aliphatic rings. The number of anilines is 1. The number of benzene rings is 3. The number of likely N-dealkylation sites (N-methyl/N-ethyl adjacent to an activating group) is 1. The van der Waals surface area contributed by atoms with E-state index in [0.29, 0.717) is 23.5 Å². The first-order valence-corrected chi connectivity index (χ1v) is 13.5. The van der Waals surface area contributed by atoms with Crippen LogP contribution >= 0.6 is 0 Å². The Hall–Kier alpha value is -3.85. The van der Waals surface area contributed by atoms with Crippen molar-refractivity contribution in [1.82, 2.24) is 10.2 Å². The molecule has 3 rings (SSSR count). The van der Waals surface area contributed by atoms with Gasteiger partial charge in [0.05, 0.1) is 17.7 Å². The first-order valence-electron chi connectivity index (χ1n) is 12.0. The maximum absolute atomic E-state index is 13.8. The zero-order valence-electron chi connectivity index (χ0n) is 21.5. The largest absolute Gasteiger partial charge is 0.497 e. The molecule has 0 spiro atoms. The van der Waals surface area contributed by atoms with Crippen molar-refractivity contribution in [2.75, 3.05) is 24.5 Å². The minimum atomic E-state index is -4.07. The molecule has 3 aromatic rings. The quantitative estimate of drug-likeness (QED) is 0.413. The lowest BCUT2D eigenvalue weighted by molar-refractivity contribution is -0.139. The number of ether oxygens (including phenoxy) is 1. The van der Waals surface area contributed by atoms with Crippen LogP contribution in [0.4, 0.5) is 5.69 Å². The molecule has 0 saturated carbocycles. The van der Waals surface area contributed by atoms with E-state index in [2.05, 4.69) is 5.32 Å². The first-order chi connectivity index (χ1) is 17.7. The van der Waals surface area contributed by atoms with Gasteiger partial charge in [-0.25, -0.2) is 8.42 Å². The van der Waals surface area contributed by atoms with E-state index in [4.69, 9.17) is 4.74 Å². The van der Waals surface area contributed by atoms with E-state index in [1.54, 1.807) is 82.5 Å². The van der Waals surface area contributed by atoms with Crippen molar-refractivity contribution in [3.8, 4) is 5.75 Å². The number of carbonyl (C=O) groups excluding carboxylic acids is 2. The fraction of sp³-hybridized carbons (Fsp3) is 0.286. The molecule has 1 N–H and O–H groups in total. The van der Waals surface area contributed by atoms with Crippen LogP contribution in [0.15, 0.2) is 83.8 Å². The number of amides is 2. The van der Waals surface area contributed by atoms with Crippen LogP contribution in [-0.4, -0.2) is 51.4 Å². The molecule has 0 unspecified atom stereocenters. The predicted molar refractivity (Wildman–Crippen MR) is 144 cm³/mol. The van der Waals surface area contributed by atoms with Gasteiger partial charge in [0.1, 0.15) is 18.3 Å². The summed E-state index contributed by atoms with van der Waals surface area (Å²) in [6.45, 7) is 5.28. The fourth-order valence-electron chi connectivity index (χ4n) is 3.91. The Bertz CT molecular complexity index is 1310.